The Morgan fingerprint density at radius 1 is 1.47 bits per heavy atom. The molecular weight excluding hydrogens is 268 g/mol. The average molecular weight is 281 g/mol. The van der Waals surface area contributed by atoms with Crippen LogP contribution in [0.4, 0.5) is 0 Å². The van der Waals surface area contributed by atoms with Crippen molar-refractivity contribution in [1.29, 1.82) is 0 Å². The molecular formula is C13H13ClN2O3. The Morgan fingerprint density at radius 3 is 2.84 bits per heavy atom. The molecule has 2 aromatic rings. The van der Waals surface area contributed by atoms with Crippen molar-refractivity contribution in [1.82, 2.24) is 9.55 Å². The van der Waals surface area contributed by atoms with Gasteiger partial charge < -0.3 is 14.0 Å². The van der Waals surface area contributed by atoms with Crippen LogP contribution in [0.5, 0.6) is 11.5 Å². The molecule has 0 N–H and O–H groups in total. The van der Waals surface area contributed by atoms with E-state index < -0.39 is 0 Å². The highest BCUT2D eigenvalue weighted by molar-refractivity contribution is 6.32. The van der Waals surface area contributed by atoms with Crippen LogP contribution in [0.1, 0.15) is 16.2 Å². The number of nitrogens with zero attached hydrogens (tertiary/aromatic N) is 2. The molecule has 100 valence electrons. The Kier molecular flexibility index (Phi) is 4.06. The van der Waals surface area contributed by atoms with E-state index in [0.29, 0.717) is 28.4 Å². The fraction of sp³-hybridized carbons (Fsp3) is 0.231. The number of halogens is 1. The summed E-state index contributed by atoms with van der Waals surface area (Å²) in [6, 6.07) is 3.11. The summed E-state index contributed by atoms with van der Waals surface area (Å²) in [6.07, 6.45) is 4.22. The van der Waals surface area contributed by atoms with Crippen molar-refractivity contribution < 1.29 is 14.3 Å². The summed E-state index contributed by atoms with van der Waals surface area (Å²) in [5, 5.41) is 0.329. The maximum absolute atomic E-state index is 10.8. The van der Waals surface area contributed by atoms with Gasteiger partial charge in [0.25, 0.3) is 0 Å². The number of ether oxygens (including phenoxy) is 2. The zero-order valence-corrected chi connectivity index (χ0v) is 11.3. The van der Waals surface area contributed by atoms with Crippen molar-refractivity contribution in [2.75, 3.05) is 7.11 Å². The van der Waals surface area contributed by atoms with Crippen LogP contribution in [0.2, 0.25) is 5.02 Å². The van der Waals surface area contributed by atoms with Gasteiger partial charge in [0.2, 0.25) is 0 Å². The lowest BCUT2D eigenvalue weighted by atomic mass is 10.2. The van der Waals surface area contributed by atoms with Gasteiger partial charge in [-0.3, -0.25) is 4.79 Å². The fourth-order valence-corrected chi connectivity index (χ4v) is 1.89. The first kappa shape index (κ1) is 13.4. The van der Waals surface area contributed by atoms with Crippen LogP contribution in [0.15, 0.2) is 24.5 Å². The number of aromatic nitrogens is 2. The number of aldehydes is 1. The second-order valence-electron chi connectivity index (χ2n) is 3.90. The largest absolute Gasteiger partial charge is 0.493 e. The number of methoxy groups -OCH3 is 1. The highest BCUT2D eigenvalue weighted by atomic mass is 35.5. The quantitative estimate of drug-likeness (QED) is 0.790. The Labute approximate surface area is 115 Å². The standard InChI is InChI=1S/C13H13ClN2O3/c1-16-4-3-15-12(16)8-19-13-10(14)5-9(7-17)6-11(13)18-2/h3-7H,8H2,1-2H3. The Bertz CT molecular complexity index is 596. The lowest BCUT2D eigenvalue weighted by Crippen LogP contribution is -2.04. The van der Waals surface area contributed by atoms with Crippen LogP contribution < -0.4 is 9.47 Å². The summed E-state index contributed by atoms with van der Waals surface area (Å²) in [4.78, 5) is 14.9. The Hall–Kier alpha value is -2.01. The van der Waals surface area contributed by atoms with Crippen molar-refractivity contribution in [3.8, 4) is 11.5 Å². The van der Waals surface area contributed by atoms with Crippen molar-refractivity contribution in [2.45, 2.75) is 6.61 Å². The molecule has 0 amide bonds. The van der Waals surface area contributed by atoms with Crippen LogP contribution in [-0.2, 0) is 13.7 Å². The number of hydrogen-bond donors (Lipinski definition) is 0. The lowest BCUT2D eigenvalue weighted by molar-refractivity contribution is 0.112. The van der Waals surface area contributed by atoms with Gasteiger partial charge in [-0.05, 0) is 12.1 Å². The molecule has 0 aliphatic rings. The van der Waals surface area contributed by atoms with E-state index in [9.17, 15) is 4.79 Å². The number of imidazole rings is 1. The van der Waals surface area contributed by atoms with Gasteiger partial charge in [0.1, 0.15) is 18.7 Å². The van der Waals surface area contributed by atoms with E-state index in [2.05, 4.69) is 4.98 Å². The molecule has 0 radical (unpaired) electrons. The van der Waals surface area contributed by atoms with Crippen LogP contribution in [0.25, 0.3) is 0 Å². The number of rotatable bonds is 5. The summed E-state index contributed by atoms with van der Waals surface area (Å²) in [5.41, 5.74) is 0.436. The van der Waals surface area contributed by atoms with E-state index in [1.165, 1.54) is 13.2 Å². The van der Waals surface area contributed by atoms with E-state index in [1.54, 1.807) is 12.3 Å². The van der Waals surface area contributed by atoms with E-state index in [0.717, 1.165) is 5.82 Å². The first-order valence-corrected chi connectivity index (χ1v) is 5.95. The van der Waals surface area contributed by atoms with Gasteiger partial charge >= 0.3 is 0 Å². The van der Waals surface area contributed by atoms with E-state index in [-0.39, 0.29) is 6.61 Å². The molecule has 1 heterocycles. The highest BCUT2D eigenvalue weighted by Crippen LogP contribution is 2.36. The minimum absolute atomic E-state index is 0.264. The van der Waals surface area contributed by atoms with E-state index >= 15 is 0 Å². The molecule has 0 aliphatic heterocycles. The summed E-state index contributed by atoms with van der Waals surface area (Å²) < 4.78 is 12.6. The van der Waals surface area contributed by atoms with Gasteiger partial charge in [-0.15, -0.1) is 0 Å². The minimum Gasteiger partial charge on any atom is -0.493 e. The van der Waals surface area contributed by atoms with Crippen molar-refractivity contribution in [3.05, 3.63) is 40.9 Å². The monoisotopic (exact) mass is 280 g/mol. The van der Waals surface area contributed by atoms with E-state index in [4.69, 9.17) is 21.1 Å². The third-order valence-corrected chi connectivity index (χ3v) is 2.94. The van der Waals surface area contributed by atoms with Crippen molar-refractivity contribution in [3.63, 3.8) is 0 Å². The maximum atomic E-state index is 10.8. The normalized spacial score (nSPS) is 10.3. The second kappa shape index (κ2) is 5.75. The molecule has 0 atom stereocenters. The second-order valence-corrected chi connectivity index (χ2v) is 4.30. The van der Waals surface area contributed by atoms with Crippen LogP contribution in [-0.4, -0.2) is 22.9 Å². The van der Waals surface area contributed by atoms with Gasteiger partial charge in [0, 0.05) is 25.0 Å². The number of benzene rings is 1. The van der Waals surface area contributed by atoms with Crippen LogP contribution in [0, 0.1) is 0 Å². The zero-order chi connectivity index (χ0) is 13.8. The predicted molar refractivity (Wildman–Crippen MR) is 70.9 cm³/mol. The molecule has 0 aliphatic carbocycles. The summed E-state index contributed by atoms with van der Waals surface area (Å²) >= 11 is 6.08. The van der Waals surface area contributed by atoms with Crippen molar-refractivity contribution in [2.24, 2.45) is 7.05 Å². The fourth-order valence-electron chi connectivity index (χ4n) is 1.62. The minimum atomic E-state index is 0.264. The molecule has 0 unspecified atom stereocenters. The molecule has 0 saturated carbocycles. The molecule has 5 nitrogen and oxygen atoms in total. The summed E-state index contributed by atoms with van der Waals surface area (Å²) in [6.45, 7) is 0.264. The smallest absolute Gasteiger partial charge is 0.180 e. The summed E-state index contributed by atoms with van der Waals surface area (Å²) in [5.74, 6) is 1.58. The Balaban J connectivity index is 2.24. The van der Waals surface area contributed by atoms with Gasteiger partial charge in [0.05, 0.1) is 12.1 Å². The third-order valence-electron chi connectivity index (χ3n) is 2.65. The predicted octanol–water partition coefficient (Wildman–Crippen LogP) is 2.47. The topological polar surface area (TPSA) is 53.4 Å². The molecule has 1 aromatic carbocycles. The average Bonchev–Trinajstić information content (AvgIpc) is 2.82. The first-order chi connectivity index (χ1) is 9.15. The van der Waals surface area contributed by atoms with Gasteiger partial charge in [-0.1, -0.05) is 11.6 Å². The van der Waals surface area contributed by atoms with Gasteiger partial charge in [-0.25, -0.2) is 4.98 Å². The molecule has 0 bridgehead atoms. The van der Waals surface area contributed by atoms with Crippen LogP contribution >= 0.6 is 11.6 Å². The molecule has 19 heavy (non-hydrogen) atoms. The number of carbonyl (C=O) groups excluding carboxylic acids is 1. The van der Waals surface area contributed by atoms with E-state index in [1.807, 2.05) is 17.8 Å². The molecule has 6 heteroatoms. The zero-order valence-electron chi connectivity index (χ0n) is 10.6. The van der Waals surface area contributed by atoms with Crippen LogP contribution in [0.3, 0.4) is 0 Å². The summed E-state index contributed by atoms with van der Waals surface area (Å²) in [7, 11) is 3.37. The highest BCUT2D eigenvalue weighted by Gasteiger charge is 2.13. The SMILES string of the molecule is COc1cc(C=O)cc(Cl)c1OCc1nccn1C. The number of aryl methyl sites for hydroxylation is 1. The number of hydrogen-bond acceptors (Lipinski definition) is 4. The third kappa shape index (κ3) is 2.88. The lowest BCUT2D eigenvalue weighted by Gasteiger charge is -2.12. The van der Waals surface area contributed by atoms with Crippen molar-refractivity contribution >= 4 is 17.9 Å². The van der Waals surface area contributed by atoms with Gasteiger partial charge in [-0.2, -0.15) is 0 Å². The molecule has 0 fully saturated rings. The molecule has 0 saturated heterocycles. The number of carbonyl (C=O) groups is 1. The molecule has 0 spiro atoms. The Morgan fingerprint density at radius 2 is 2.26 bits per heavy atom. The van der Waals surface area contributed by atoms with Gasteiger partial charge in [0.15, 0.2) is 11.5 Å². The first-order valence-electron chi connectivity index (χ1n) is 5.57. The molecule has 2 rings (SSSR count). The maximum Gasteiger partial charge on any atom is 0.180 e. The molecule has 1 aromatic heterocycles.